The zero-order valence-corrected chi connectivity index (χ0v) is 23.3. The van der Waals surface area contributed by atoms with Crippen LogP contribution in [0.25, 0.3) is 11.1 Å². The molecule has 2 amide bonds. The molecule has 0 radical (unpaired) electrons. The Bertz CT molecular complexity index is 1670. The zero-order chi connectivity index (χ0) is 28.7. The average molecular weight is 598 g/mol. The van der Waals surface area contributed by atoms with E-state index in [9.17, 15) is 22.8 Å². The molecule has 0 spiro atoms. The van der Waals surface area contributed by atoms with Crippen LogP contribution in [0.1, 0.15) is 45.5 Å². The summed E-state index contributed by atoms with van der Waals surface area (Å²) in [6.45, 7) is 0. The molecule has 2 aliphatic rings. The summed E-state index contributed by atoms with van der Waals surface area (Å²) in [5.41, 5.74) is 2.77. The van der Waals surface area contributed by atoms with Crippen molar-refractivity contribution in [3.8, 4) is 22.6 Å². The van der Waals surface area contributed by atoms with Crippen LogP contribution in [-0.4, -0.2) is 32.6 Å². The van der Waals surface area contributed by atoms with Crippen LogP contribution in [0, 0.1) is 0 Å². The van der Waals surface area contributed by atoms with Crippen molar-refractivity contribution in [1.29, 1.82) is 0 Å². The van der Waals surface area contributed by atoms with E-state index in [-0.39, 0.29) is 35.5 Å². The number of aryl methyl sites for hydroxylation is 2. The lowest BCUT2D eigenvalue weighted by Crippen LogP contribution is -2.39. The number of anilines is 1. The topological polar surface area (TPSA) is 98.1 Å². The molecule has 2 aromatic carbocycles. The fourth-order valence-electron chi connectivity index (χ4n) is 5.33. The van der Waals surface area contributed by atoms with Gasteiger partial charge in [0.15, 0.2) is 0 Å². The van der Waals surface area contributed by atoms with E-state index in [4.69, 9.17) is 4.74 Å². The zero-order valence-electron chi connectivity index (χ0n) is 22.5. The summed E-state index contributed by atoms with van der Waals surface area (Å²) in [5, 5.41) is 9.74. The number of pyridine rings is 1. The maximum atomic E-state index is 13.7. The van der Waals surface area contributed by atoms with Crippen LogP contribution in [0.2, 0.25) is 0 Å². The van der Waals surface area contributed by atoms with E-state index in [2.05, 4.69) is 20.7 Å². The van der Waals surface area contributed by atoms with Gasteiger partial charge in [-0.2, -0.15) is 18.3 Å². The molecule has 1 aliphatic carbocycles. The molecule has 4 aromatic rings. The van der Waals surface area contributed by atoms with Crippen LogP contribution in [0.5, 0.6) is 11.5 Å². The summed E-state index contributed by atoms with van der Waals surface area (Å²) >= 11 is 0. The smallest absolute Gasteiger partial charge is 0.416 e. The first-order chi connectivity index (χ1) is 19.6. The van der Waals surface area contributed by atoms with Crippen molar-refractivity contribution in [2.24, 2.45) is 7.05 Å². The average Bonchev–Trinajstić information content (AvgIpc) is 3.38. The first-order valence-electron chi connectivity index (χ1n) is 13.2. The van der Waals surface area contributed by atoms with Gasteiger partial charge in [0.05, 0.1) is 11.8 Å². The first kappa shape index (κ1) is 29.1. The predicted octanol–water partition coefficient (Wildman–Crippen LogP) is 5.89. The van der Waals surface area contributed by atoms with Gasteiger partial charge in [0.2, 0.25) is 5.91 Å². The second kappa shape index (κ2) is 11.5. The minimum Gasteiger partial charge on any atom is -0.457 e. The molecule has 1 atom stereocenters. The maximum Gasteiger partial charge on any atom is 0.416 e. The second-order valence-electron chi connectivity index (χ2n) is 10.3. The Labute approximate surface area is 245 Å². The molecular weight excluding hydrogens is 571 g/mol. The Balaban J connectivity index is 0.00000353. The van der Waals surface area contributed by atoms with Crippen molar-refractivity contribution < 1.29 is 27.5 Å². The molecule has 218 valence electrons. The van der Waals surface area contributed by atoms with Gasteiger partial charge in [-0.25, -0.2) is 4.98 Å². The Morgan fingerprint density at radius 1 is 1.07 bits per heavy atom. The molecule has 3 heterocycles. The number of ether oxygens (including phenoxy) is 1. The lowest BCUT2D eigenvalue weighted by atomic mass is 9.88. The standard InChI is InChI=1S/C30H26F3N5O3.ClH/c1-38-16-21(15-35-38)18-10-20(12-22(11-18)30(31,32)33)29(40)36-23-4-2-17-3-5-24(14-19(17)13-23)41-26-8-9-34-28-25(26)6-7-27(39)37-28;/h3,5,8-12,14-16,23H,2,4,6-7,13H2,1H3,(H,36,40)(H,34,37,39);1H/t23-;/m1./s1. The normalized spacial score (nSPS) is 16.0. The van der Waals surface area contributed by atoms with Crippen molar-refractivity contribution in [2.75, 3.05) is 5.32 Å². The summed E-state index contributed by atoms with van der Waals surface area (Å²) in [7, 11) is 1.67. The van der Waals surface area contributed by atoms with E-state index in [1.54, 1.807) is 25.5 Å². The molecular formula is C30H27ClF3N5O3. The van der Waals surface area contributed by atoms with Crippen molar-refractivity contribution in [3.63, 3.8) is 0 Å². The molecule has 0 fully saturated rings. The van der Waals surface area contributed by atoms with Crippen molar-refractivity contribution in [3.05, 3.63) is 88.9 Å². The molecule has 1 aliphatic heterocycles. The van der Waals surface area contributed by atoms with Gasteiger partial charge in [0, 0.05) is 48.6 Å². The van der Waals surface area contributed by atoms with Crippen LogP contribution in [0.4, 0.5) is 19.0 Å². The van der Waals surface area contributed by atoms with E-state index in [1.165, 1.54) is 16.9 Å². The summed E-state index contributed by atoms with van der Waals surface area (Å²) in [6.07, 6.45) is 2.81. The first-order valence-corrected chi connectivity index (χ1v) is 13.2. The van der Waals surface area contributed by atoms with E-state index in [0.717, 1.165) is 28.8 Å². The maximum absolute atomic E-state index is 13.7. The lowest BCUT2D eigenvalue weighted by Gasteiger charge is -2.26. The van der Waals surface area contributed by atoms with Crippen LogP contribution >= 0.6 is 12.4 Å². The fourth-order valence-corrected chi connectivity index (χ4v) is 5.33. The third kappa shape index (κ3) is 6.11. The van der Waals surface area contributed by atoms with Gasteiger partial charge < -0.3 is 15.4 Å². The van der Waals surface area contributed by atoms with Crippen molar-refractivity contribution in [1.82, 2.24) is 20.1 Å². The number of alkyl halides is 3. The largest absolute Gasteiger partial charge is 0.457 e. The summed E-state index contributed by atoms with van der Waals surface area (Å²) in [4.78, 5) is 29.2. The number of nitrogens with zero attached hydrogens (tertiary/aromatic N) is 3. The number of hydrogen-bond donors (Lipinski definition) is 2. The minimum atomic E-state index is -4.60. The summed E-state index contributed by atoms with van der Waals surface area (Å²) in [5.74, 6) is 1.08. The molecule has 2 N–H and O–H groups in total. The predicted molar refractivity (Wildman–Crippen MR) is 152 cm³/mol. The quantitative estimate of drug-likeness (QED) is 0.299. The number of carbonyl (C=O) groups excluding carboxylic acids is 2. The number of carbonyl (C=O) groups is 2. The third-order valence-corrected chi connectivity index (χ3v) is 7.40. The lowest BCUT2D eigenvalue weighted by molar-refractivity contribution is -0.137. The molecule has 42 heavy (non-hydrogen) atoms. The van der Waals surface area contributed by atoms with Gasteiger partial charge in [-0.1, -0.05) is 6.07 Å². The van der Waals surface area contributed by atoms with Gasteiger partial charge >= 0.3 is 6.18 Å². The van der Waals surface area contributed by atoms with Crippen LogP contribution in [-0.2, 0) is 37.3 Å². The monoisotopic (exact) mass is 597 g/mol. The van der Waals surface area contributed by atoms with E-state index >= 15 is 0 Å². The molecule has 0 saturated heterocycles. The van der Waals surface area contributed by atoms with Gasteiger partial charge in [-0.3, -0.25) is 14.3 Å². The second-order valence-corrected chi connectivity index (χ2v) is 10.3. The number of amides is 2. The summed E-state index contributed by atoms with van der Waals surface area (Å²) in [6, 6.07) is 10.7. The molecule has 0 bridgehead atoms. The SMILES string of the molecule is Cl.Cn1cc(-c2cc(C(=O)N[C@@H]3CCc4ccc(Oc5ccnc6c5CCC(=O)N6)cc4C3)cc(C(F)(F)F)c2)cn1. The van der Waals surface area contributed by atoms with E-state index in [0.29, 0.717) is 55.0 Å². The molecule has 2 aromatic heterocycles. The Hall–Kier alpha value is -4.38. The van der Waals surface area contributed by atoms with Crippen molar-refractivity contribution >= 4 is 30.0 Å². The highest BCUT2D eigenvalue weighted by atomic mass is 35.5. The number of rotatable bonds is 5. The highest BCUT2D eigenvalue weighted by Gasteiger charge is 2.32. The number of halogens is 4. The molecule has 12 heteroatoms. The number of fused-ring (bicyclic) bond motifs is 2. The molecule has 6 rings (SSSR count). The molecule has 8 nitrogen and oxygen atoms in total. The fraction of sp³-hybridized carbons (Fsp3) is 0.267. The van der Waals surface area contributed by atoms with Crippen molar-refractivity contribution in [2.45, 2.75) is 44.3 Å². The number of nitrogens with one attached hydrogen (secondary N) is 2. The van der Waals surface area contributed by atoms with Gasteiger partial charge in [-0.05, 0) is 78.8 Å². The number of benzene rings is 2. The van der Waals surface area contributed by atoms with Crippen LogP contribution < -0.4 is 15.4 Å². The highest BCUT2D eigenvalue weighted by molar-refractivity contribution is 5.96. The minimum absolute atomic E-state index is 0. The van der Waals surface area contributed by atoms with Crippen LogP contribution in [0.15, 0.2) is 61.1 Å². The number of aromatic nitrogens is 3. The highest BCUT2D eigenvalue weighted by Crippen LogP contribution is 2.35. The van der Waals surface area contributed by atoms with Gasteiger partial charge in [-0.15, -0.1) is 12.4 Å². The van der Waals surface area contributed by atoms with E-state index in [1.807, 2.05) is 18.2 Å². The molecule has 0 saturated carbocycles. The van der Waals surface area contributed by atoms with Crippen LogP contribution in [0.3, 0.4) is 0 Å². The Morgan fingerprint density at radius 2 is 1.90 bits per heavy atom. The van der Waals surface area contributed by atoms with Gasteiger partial charge in [0.25, 0.3) is 5.91 Å². The van der Waals surface area contributed by atoms with E-state index < -0.39 is 17.6 Å². The van der Waals surface area contributed by atoms with Gasteiger partial charge in [0.1, 0.15) is 17.3 Å². The summed E-state index contributed by atoms with van der Waals surface area (Å²) < 4.78 is 48.7. The number of hydrogen-bond acceptors (Lipinski definition) is 5. The Morgan fingerprint density at radius 3 is 2.67 bits per heavy atom. The third-order valence-electron chi connectivity index (χ3n) is 7.40. The molecule has 0 unspecified atom stereocenters. The Kier molecular flexibility index (Phi) is 7.96.